The van der Waals surface area contributed by atoms with E-state index in [1.807, 2.05) is 30.3 Å². The smallest absolute Gasteiger partial charge is 0.338 e. The summed E-state index contributed by atoms with van der Waals surface area (Å²) >= 11 is 6.15. The average molecular weight is 505 g/mol. The maximum atomic E-state index is 12.8. The van der Waals surface area contributed by atoms with Crippen LogP contribution in [-0.2, 0) is 11.2 Å². The Kier molecular flexibility index (Phi) is 7.94. The van der Waals surface area contributed by atoms with E-state index in [2.05, 4.69) is 36.1 Å². The fourth-order valence-corrected chi connectivity index (χ4v) is 3.55. The summed E-state index contributed by atoms with van der Waals surface area (Å²) in [5.74, 6) is -1.17. The molecule has 0 saturated carbocycles. The van der Waals surface area contributed by atoms with Crippen molar-refractivity contribution in [1.82, 2.24) is 35.5 Å². The van der Waals surface area contributed by atoms with E-state index in [-0.39, 0.29) is 23.5 Å². The number of amides is 1. The van der Waals surface area contributed by atoms with Gasteiger partial charge in [-0.15, -0.1) is 5.10 Å². The molecule has 0 spiro atoms. The molecular formula is C24H21ClN8O3. The van der Waals surface area contributed by atoms with Crippen molar-refractivity contribution < 1.29 is 14.7 Å². The number of carboxylic acid groups (broad SMARTS) is 1. The summed E-state index contributed by atoms with van der Waals surface area (Å²) in [6, 6.07) is 14.6. The summed E-state index contributed by atoms with van der Waals surface area (Å²) in [6.07, 6.45) is 7.49. The SMILES string of the molecule is O=C(/C=C/c1cc(Cl)ccc1-n1cnnn1)N[C@H](CNc1ncc(C(=O)O)cn1)Cc1ccccc1. The van der Waals surface area contributed by atoms with Crippen molar-refractivity contribution in [1.29, 1.82) is 0 Å². The largest absolute Gasteiger partial charge is 0.478 e. The number of halogens is 1. The lowest BCUT2D eigenvalue weighted by Gasteiger charge is -2.19. The number of hydrogen-bond acceptors (Lipinski definition) is 8. The van der Waals surface area contributed by atoms with Crippen molar-refractivity contribution in [2.24, 2.45) is 0 Å². The molecule has 0 unspecified atom stereocenters. The first-order valence-electron chi connectivity index (χ1n) is 10.8. The highest BCUT2D eigenvalue weighted by atomic mass is 35.5. The Morgan fingerprint density at radius 2 is 1.89 bits per heavy atom. The van der Waals surface area contributed by atoms with Crippen molar-refractivity contribution in [3.63, 3.8) is 0 Å². The normalized spacial score (nSPS) is 11.8. The van der Waals surface area contributed by atoms with Gasteiger partial charge >= 0.3 is 5.97 Å². The van der Waals surface area contributed by atoms with Gasteiger partial charge in [-0.25, -0.2) is 14.8 Å². The summed E-state index contributed by atoms with van der Waals surface area (Å²) in [7, 11) is 0. The number of carbonyl (C=O) groups is 2. The molecule has 3 N–H and O–H groups in total. The number of rotatable bonds is 10. The molecule has 36 heavy (non-hydrogen) atoms. The second-order valence-electron chi connectivity index (χ2n) is 7.67. The molecule has 0 fully saturated rings. The Hall–Kier alpha value is -4.64. The molecule has 0 saturated heterocycles. The average Bonchev–Trinajstić information content (AvgIpc) is 3.42. The third-order valence-electron chi connectivity index (χ3n) is 5.08. The van der Waals surface area contributed by atoms with Crippen LogP contribution in [0.1, 0.15) is 21.5 Å². The first-order valence-corrected chi connectivity index (χ1v) is 11.2. The van der Waals surface area contributed by atoms with Gasteiger partial charge in [0.2, 0.25) is 11.9 Å². The van der Waals surface area contributed by atoms with E-state index in [0.717, 1.165) is 5.56 Å². The van der Waals surface area contributed by atoms with Crippen LogP contribution >= 0.6 is 11.6 Å². The second kappa shape index (κ2) is 11.7. The number of tetrazole rings is 1. The van der Waals surface area contributed by atoms with Gasteiger partial charge in [0.05, 0.1) is 17.3 Å². The van der Waals surface area contributed by atoms with Crippen LogP contribution < -0.4 is 10.6 Å². The maximum absolute atomic E-state index is 12.8. The first kappa shape index (κ1) is 24.5. The zero-order valence-electron chi connectivity index (χ0n) is 18.8. The molecule has 0 bridgehead atoms. The minimum absolute atomic E-state index is 0.0121. The minimum Gasteiger partial charge on any atom is -0.478 e. The third-order valence-corrected chi connectivity index (χ3v) is 5.31. The number of benzene rings is 2. The van der Waals surface area contributed by atoms with Gasteiger partial charge in [0.25, 0.3) is 0 Å². The molecule has 1 atom stereocenters. The van der Waals surface area contributed by atoms with Gasteiger partial charge in [0.1, 0.15) is 6.33 Å². The van der Waals surface area contributed by atoms with Crippen LogP contribution in [0.4, 0.5) is 5.95 Å². The van der Waals surface area contributed by atoms with Gasteiger partial charge in [-0.3, -0.25) is 4.79 Å². The number of carboxylic acids is 1. The van der Waals surface area contributed by atoms with Gasteiger partial charge in [-0.2, -0.15) is 4.68 Å². The Morgan fingerprint density at radius 1 is 1.11 bits per heavy atom. The highest BCUT2D eigenvalue weighted by Gasteiger charge is 2.14. The van der Waals surface area contributed by atoms with Gasteiger partial charge in [0.15, 0.2) is 0 Å². The van der Waals surface area contributed by atoms with Gasteiger partial charge in [-0.1, -0.05) is 41.9 Å². The van der Waals surface area contributed by atoms with E-state index in [9.17, 15) is 9.59 Å². The number of carbonyl (C=O) groups excluding carboxylic acids is 1. The van der Waals surface area contributed by atoms with E-state index < -0.39 is 5.97 Å². The van der Waals surface area contributed by atoms with Crippen molar-refractivity contribution in [3.8, 4) is 5.69 Å². The molecule has 0 aliphatic rings. The Bertz CT molecular complexity index is 1350. The number of aromatic carboxylic acids is 1. The van der Waals surface area contributed by atoms with E-state index in [4.69, 9.17) is 16.7 Å². The monoisotopic (exact) mass is 504 g/mol. The molecule has 0 aliphatic carbocycles. The molecule has 4 aromatic rings. The van der Waals surface area contributed by atoms with Gasteiger partial charge in [0, 0.05) is 35.6 Å². The van der Waals surface area contributed by atoms with Crippen LogP contribution in [0.15, 0.2) is 73.3 Å². The Morgan fingerprint density at radius 3 is 2.58 bits per heavy atom. The van der Waals surface area contributed by atoms with Crippen LogP contribution in [0.5, 0.6) is 0 Å². The third kappa shape index (κ3) is 6.70. The van der Waals surface area contributed by atoms with E-state index in [1.165, 1.54) is 29.5 Å². The molecule has 1 amide bonds. The molecule has 182 valence electrons. The van der Waals surface area contributed by atoms with Gasteiger partial charge < -0.3 is 15.7 Å². The van der Waals surface area contributed by atoms with Crippen LogP contribution in [0.25, 0.3) is 11.8 Å². The van der Waals surface area contributed by atoms with E-state index >= 15 is 0 Å². The lowest BCUT2D eigenvalue weighted by atomic mass is 10.1. The van der Waals surface area contributed by atoms with Crippen LogP contribution in [-0.4, -0.2) is 59.7 Å². The minimum atomic E-state index is -1.11. The fourth-order valence-electron chi connectivity index (χ4n) is 3.37. The van der Waals surface area contributed by atoms with Crippen molar-refractivity contribution in [2.75, 3.05) is 11.9 Å². The van der Waals surface area contributed by atoms with Crippen molar-refractivity contribution in [2.45, 2.75) is 12.5 Å². The Balaban J connectivity index is 1.46. The number of nitrogens with one attached hydrogen (secondary N) is 2. The van der Waals surface area contributed by atoms with Crippen LogP contribution in [0.3, 0.4) is 0 Å². The van der Waals surface area contributed by atoms with Crippen LogP contribution in [0.2, 0.25) is 5.02 Å². The van der Waals surface area contributed by atoms with Gasteiger partial charge in [-0.05, 0) is 46.7 Å². The van der Waals surface area contributed by atoms with E-state index in [1.54, 1.807) is 24.3 Å². The lowest BCUT2D eigenvalue weighted by Crippen LogP contribution is -2.40. The fraction of sp³-hybridized carbons (Fsp3) is 0.125. The number of anilines is 1. The predicted molar refractivity (Wildman–Crippen MR) is 133 cm³/mol. The summed E-state index contributed by atoms with van der Waals surface area (Å²) in [6.45, 7) is 0.313. The zero-order valence-corrected chi connectivity index (χ0v) is 19.6. The highest BCUT2D eigenvalue weighted by Crippen LogP contribution is 2.20. The first-order chi connectivity index (χ1) is 17.5. The van der Waals surface area contributed by atoms with Crippen molar-refractivity contribution >= 4 is 35.5 Å². The summed E-state index contributed by atoms with van der Waals surface area (Å²) in [5.41, 5.74) is 2.35. The lowest BCUT2D eigenvalue weighted by molar-refractivity contribution is -0.117. The second-order valence-corrected chi connectivity index (χ2v) is 8.10. The number of aromatic nitrogens is 6. The number of hydrogen-bond donors (Lipinski definition) is 3. The summed E-state index contributed by atoms with van der Waals surface area (Å²) in [4.78, 5) is 31.9. The molecule has 12 heteroatoms. The predicted octanol–water partition coefficient (Wildman–Crippen LogP) is 2.66. The van der Waals surface area contributed by atoms with Crippen LogP contribution in [0, 0.1) is 0 Å². The molecule has 2 heterocycles. The topological polar surface area (TPSA) is 148 Å². The molecule has 4 rings (SSSR count). The highest BCUT2D eigenvalue weighted by molar-refractivity contribution is 6.30. The molecular weight excluding hydrogens is 484 g/mol. The quantitative estimate of drug-likeness (QED) is 0.277. The van der Waals surface area contributed by atoms with Crippen molar-refractivity contribution in [3.05, 3.63) is 95.0 Å². The molecule has 0 radical (unpaired) electrons. The zero-order chi connectivity index (χ0) is 25.3. The summed E-state index contributed by atoms with van der Waals surface area (Å²) in [5, 5.41) is 26.7. The molecule has 11 nitrogen and oxygen atoms in total. The molecule has 0 aliphatic heterocycles. The van der Waals surface area contributed by atoms with E-state index in [0.29, 0.717) is 29.2 Å². The Labute approximate surface area is 210 Å². The molecule has 2 aromatic heterocycles. The summed E-state index contributed by atoms with van der Waals surface area (Å²) < 4.78 is 1.48. The standard InChI is InChI=1S/C24H21ClN8O3/c25-19-7-8-21(33-15-29-31-32-33)17(11-19)6-9-22(34)30-20(10-16-4-2-1-3-5-16)14-28-24-26-12-18(13-27-24)23(35)36/h1-9,11-13,15,20H,10,14H2,(H,30,34)(H,35,36)(H,26,27,28)/b9-6+/t20-/m0/s1. The molecule has 2 aromatic carbocycles. The number of nitrogens with zero attached hydrogens (tertiary/aromatic N) is 6. The maximum Gasteiger partial charge on any atom is 0.338 e.